The topological polar surface area (TPSA) is 98.3 Å². The summed E-state index contributed by atoms with van der Waals surface area (Å²) < 4.78 is 14.5. The van der Waals surface area contributed by atoms with Gasteiger partial charge in [-0.1, -0.05) is 11.6 Å². The molecule has 0 bridgehead atoms. The molecule has 0 aromatic carbocycles. The molecule has 7 nitrogen and oxygen atoms in total. The minimum absolute atomic E-state index is 0.0367. The van der Waals surface area contributed by atoms with Gasteiger partial charge in [0.05, 0.1) is 17.6 Å². The van der Waals surface area contributed by atoms with Crippen LogP contribution >= 0.6 is 22.9 Å². The molecule has 3 N–H and O–H groups in total. The van der Waals surface area contributed by atoms with Gasteiger partial charge >= 0.3 is 5.97 Å². The number of nitrogens with zero attached hydrogens (tertiary/aromatic N) is 2. The van der Waals surface area contributed by atoms with Crippen molar-refractivity contribution in [3.05, 3.63) is 33.6 Å². The molecular formula is C15H16ClFN4O3S. The van der Waals surface area contributed by atoms with Crippen molar-refractivity contribution in [1.29, 1.82) is 0 Å². The number of thiazole rings is 1. The molecule has 3 rings (SSSR count). The van der Waals surface area contributed by atoms with E-state index in [0.717, 1.165) is 17.0 Å². The fourth-order valence-corrected chi connectivity index (χ4v) is 3.84. The van der Waals surface area contributed by atoms with Crippen LogP contribution in [-0.2, 0) is 0 Å². The van der Waals surface area contributed by atoms with Gasteiger partial charge in [-0.2, -0.15) is 0 Å². The summed E-state index contributed by atoms with van der Waals surface area (Å²) in [5.41, 5.74) is 0.919. The van der Waals surface area contributed by atoms with Gasteiger partial charge in [0.1, 0.15) is 11.9 Å². The quantitative estimate of drug-likeness (QED) is 0.749. The molecule has 0 unspecified atom stereocenters. The fraction of sp³-hybridized carbons (Fsp3) is 0.400. The zero-order valence-electron chi connectivity index (χ0n) is 13.3. The van der Waals surface area contributed by atoms with Crippen LogP contribution in [0.2, 0.25) is 5.02 Å². The Labute approximate surface area is 151 Å². The molecule has 0 aliphatic carbocycles. The second-order valence-corrected chi connectivity index (χ2v) is 7.07. The highest BCUT2D eigenvalue weighted by atomic mass is 35.5. The summed E-state index contributed by atoms with van der Waals surface area (Å²) in [6.45, 7) is 2.28. The molecule has 0 radical (unpaired) electrons. The number of nitrogens with one attached hydrogen (secondary N) is 2. The number of carboxylic acids is 1. The van der Waals surface area contributed by atoms with E-state index in [1.54, 1.807) is 17.9 Å². The molecule has 10 heteroatoms. The number of aromatic nitrogens is 2. The van der Waals surface area contributed by atoms with Crippen molar-refractivity contribution in [3.8, 4) is 0 Å². The molecule has 2 atom stereocenters. The number of carboxylic acid groups (broad SMARTS) is 1. The minimum atomic E-state index is -1.30. The number of aryl methyl sites for hydroxylation is 1. The second-order valence-electron chi connectivity index (χ2n) is 5.83. The number of carbonyl (C=O) groups is 2. The Morgan fingerprint density at radius 1 is 1.56 bits per heavy atom. The van der Waals surface area contributed by atoms with Crippen molar-refractivity contribution in [1.82, 2.24) is 15.3 Å². The molecule has 0 spiro atoms. The molecule has 1 amide bonds. The van der Waals surface area contributed by atoms with Crippen molar-refractivity contribution in [2.75, 3.05) is 18.0 Å². The van der Waals surface area contributed by atoms with Crippen LogP contribution in [0.15, 0.2) is 11.4 Å². The van der Waals surface area contributed by atoms with Gasteiger partial charge in [0.15, 0.2) is 10.8 Å². The number of halogens is 2. The lowest BCUT2D eigenvalue weighted by Crippen LogP contribution is -2.52. The van der Waals surface area contributed by atoms with E-state index in [4.69, 9.17) is 16.7 Å². The Balaban J connectivity index is 1.62. The number of piperidine rings is 1. The van der Waals surface area contributed by atoms with Gasteiger partial charge in [-0.3, -0.25) is 4.79 Å². The van der Waals surface area contributed by atoms with E-state index < -0.39 is 24.1 Å². The van der Waals surface area contributed by atoms with E-state index >= 15 is 0 Å². The number of aromatic amines is 1. The average Bonchev–Trinajstić information content (AvgIpc) is 3.16. The minimum Gasteiger partial charge on any atom is -0.476 e. The summed E-state index contributed by atoms with van der Waals surface area (Å²) in [6.07, 6.45) is -0.920. The predicted molar refractivity (Wildman–Crippen MR) is 92.6 cm³/mol. The van der Waals surface area contributed by atoms with Crippen LogP contribution in [-0.4, -0.2) is 52.3 Å². The molecule has 1 fully saturated rings. The monoisotopic (exact) mass is 386 g/mol. The fourth-order valence-electron chi connectivity index (χ4n) is 2.71. The number of alkyl halides is 1. The first kappa shape index (κ1) is 17.7. The maximum Gasteiger partial charge on any atom is 0.355 e. The second kappa shape index (κ2) is 7.01. The third-order valence-corrected chi connectivity index (χ3v) is 5.17. The van der Waals surface area contributed by atoms with E-state index in [1.165, 1.54) is 5.38 Å². The van der Waals surface area contributed by atoms with Crippen molar-refractivity contribution in [3.63, 3.8) is 0 Å². The van der Waals surface area contributed by atoms with E-state index in [9.17, 15) is 14.0 Å². The number of anilines is 1. The van der Waals surface area contributed by atoms with Crippen LogP contribution in [0.1, 0.15) is 33.1 Å². The van der Waals surface area contributed by atoms with Gasteiger partial charge in [0.2, 0.25) is 0 Å². The zero-order chi connectivity index (χ0) is 18.1. The zero-order valence-corrected chi connectivity index (χ0v) is 14.8. The highest BCUT2D eigenvalue weighted by Gasteiger charge is 2.32. The van der Waals surface area contributed by atoms with Crippen LogP contribution in [0.5, 0.6) is 0 Å². The third-order valence-electron chi connectivity index (χ3n) is 3.97. The van der Waals surface area contributed by atoms with Gasteiger partial charge in [-0.15, -0.1) is 11.3 Å². The Bertz CT molecular complexity index is 809. The van der Waals surface area contributed by atoms with E-state index in [0.29, 0.717) is 23.1 Å². The number of rotatable bonds is 4. The Hall–Kier alpha value is -2.13. The summed E-state index contributed by atoms with van der Waals surface area (Å²) >= 11 is 7.14. The molecule has 2 aromatic rings. The highest BCUT2D eigenvalue weighted by molar-refractivity contribution is 7.13. The molecule has 1 aliphatic heterocycles. The summed E-state index contributed by atoms with van der Waals surface area (Å²) in [5, 5.41) is 13.8. The van der Waals surface area contributed by atoms with Gasteiger partial charge in [-0.25, -0.2) is 14.2 Å². The number of H-pyrrole nitrogens is 1. The van der Waals surface area contributed by atoms with Crippen LogP contribution in [0, 0.1) is 6.92 Å². The third kappa shape index (κ3) is 3.77. The van der Waals surface area contributed by atoms with Crippen molar-refractivity contribution in [2.45, 2.75) is 25.6 Å². The van der Waals surface area contributed by atoms with Crippen LogP contribution in [0.25, 0.3) is 0 Å². The van der Waals surface area contributed by atoms with Gasteiger partial charge in [0.25, 0.3) is 5.91 Å². The van der Waals surface area contributed by atoms with E-state index in [-0.39, 0.29) is 17.9 Å². The highest BCUT2D eigenvalue weighted by Crippen LogP contribution is 2.26. The maximum absolute atomic E-state index is 14.5. The maximum atomic E-state index is 14.5. The summed E-state index contributed by atoms with van der Waals surface area (Å²) in [6, 6.07) is 0.997. The Morgan fingerprint density at radius 3 is 2.88 bits per heavy atom. The molecular weight excluding hydrogens is 371 g/mol. The molecule has 134 valence electrons. The number of hydrogen-bond acceptors (Lipinski definition) is 5. The molecule has 25 heavy (non-hydrogen) atoms. The number of amides is 1. The standard InChI is InChI=1S/C15H16ClFN4O3S/c1-7-4-8(16)12(18-7)13(22)19-10-2-3-21(5-9(10)17)15-20-11(6-25-15)14(23)24/h4,6,9-10,18H,2-3,5H2,1H3,(H,19,22)(H,23,24)/t9-,10+/m0/s1. The lowest BCUT2D eigenvalue weighted by molar-refractivity contribution is 0.0691. The van der Waals surface area contributed by atoms with E-state index in [2.05, 4.69) is 15.3 Å². The molecule has 3 heterocycles. The van der Waals surface area contributed by atoms with E-state index in [1.807, 2.05) is 0 Å². The Morgan fingerprint density at radius 2 is 2.32 bits per heavy atom. The normalized spacial score (nSPS) is 20.5. The number of hydrogen-bond donors (Lipinski definition) is 3. The van der Waals surface area contributed by atoms with Crippen LogP contribution in [0.4, 0.5) is 9.52 Å². The van der Waals surface area contributed by atoms with Gasteiger partial charge in [-0.05, 0) is 19.4 Å². The molecule has 2 aromatic heterocycles. The first-order chi connectivity index (χ1) is 11.8. The lowest BCUT2D eigenvalue weighted by Gasteiger charge is -2.34. The smallest absolute Gasteiger partial charge is 0.355 e. The molecule has 1 aliphatic rings. The Kier molecular flexibility index (Phi) is 4.96. The number of aromatic carboxylic acids is 1. The van der Waals surface area contributed by atoms with Crippen molar-refractivity contribution in [2.24, 2.45) is 0 Å². The lowest BCUT2D eigenvalue weighted by atomic mass is 10.0. The van der Waals surface area contributed by atoms with Crippen molar-refractivity contribution >= 4 is 39.9 Å². The first-order valence-corrected chi connectivity index (χ1v) is 8.84. The molecule has 1 saturated heterocycles. The molecule has 0 saturated carbocycles. The largest absolute Gasteiger partial charge is 0.476 e. The first-order valence-electron chi connectivity index (χ1n) is 7.59. The summed E-state index contributed by atoms with van der Waals surface area (Å²) in [5.74, 6) is -1.55. The summed E-state index contributed by atoms with van der Waals surface area (Å²) in [7, 11) is 0. The average molecular weight is 387 g/mol. The van der Waals surface area contributed by atoms with Gasteiger partial charge in [0, 0.05) is 17.6 Å². The summed E-state index contributed by atoms with van der Waals surface area (Å²) in [4.78, 5) is 31.7. The number of carbonyl (C=O) groups excluding carboxylic acids is 1. The SMILES string of the molecule is Cc1cc(Cl)c(C(=O)N[C@@H]2CCN(c3nc(C(=O)O)cs3)C[C@@H]2F)[nH]1. The van der Waals surface area contributed by atoms with Gasteiger partial charge < -0.3 is 20.3 Å². The van der Waals surface area contributed by atoms with Crippen LogP contribution < -0.4 is 10.2 Å². The van der Waals surface area contributed by atoms with Crippen LogP contribution in [0.3, 0.4) is 0 Å². The van der Waals surface area contributed by atoms with Crippen molar-refractivity contribution < 1.29 is 19.1 Å². The predicted octanol–water partition coefficient (Wildman–Crippen LogP) is 2.48.